The highest BCUT2D eigenvalue weighted by Gasteiger charge is 2.54. The Labute approximate surface area is 313 Å². The molecule has 19 nitrogen and oxygen atoms in total. The summed E-state index contributed by atoms with van der Waals surface area (Å²) in [5.74, 6) is -3.34. The molecule has 3 amide bonds. The SMILES string of the molecule is CC(C)(O/N=C(\C(=O)N[C@@H]1C(=O)N2C(c3nnn[nH]3)=C(C[N+]3(C)CCN(C(=O)c4ccc(O)c(O)c4Cl)CC3)CS[C@H]12)c1nc(N)sc1Cl)C(=O)O. The number of nitrogens with one attached hydrogen (secondary N) is 2. The zero-order chi connectivity index (χ0) is 37.7. The molecule has 276 valence electrons. The standard InChI is InChI=1S/C29H31Cl2N11O8S2/c1-29(2,27(48)49)50-37-17(16-21(31)52-28(32)34-16)23(45)33-18-25(47)41-19(22-35-38-39-36-22)12(11-51-26(18)41)10-42(3)8-6-40(7-9-42)24(46)13-4-5-14(43)20(44)15(13)30/h4-5,18,26H,6-11H2,1-3H3,(H6-,32,33,34,35,36,37,38,39,43,44,45,46,48,49)/p+1/t18-,26-/m1/s1. The van der Waals surface area contributed by atoms with Crippen LogP contribution < -0.4 is 11.1 Å². The van der Waals surface area contributed by atoms with Gasteiger partial charge >= 0.3 is 5.97 Å². The number of aliphatic carboxylic acids is 1. The third-order valence-electron chi connectivity index (χ3n) is 8.83. The van der Waals surface area contributed by atoms with Gasteiger partial charge in [0.05, 0.1) is 49.5 Å². The molecule has 3 aliphatic heterocycles. The number of β-lactam (4-membered cyclic amide) rings is 1. The fraction of sp³-hybridized carbons (Fsp3) is 0.414. The fourth-order valence-corrected chi connectivity index (χ4v) is 8.32. The maximum atomic E-state index is 13.8. The number of anilines is 1. The van der Waals surface area contributed by atoms with Crippen LogP contribution >= 0.6 is 46.3 Å². The number of phenols is 2. The van der Waals surface area contributed by atoms with Crippen molar-refractivity contribution in [3.63, 3.8) is 0 Å². The highest BCUT2D eigenvalue weighted by atomic mass is 35.5. The first-order valence-electron chi connectivity index (χ1n) is 15.5. The van der Waals surface area contributed by atoms with Crippen molar-refractivity contribution in [1.82, 2.24) is 40.7 Å². The number of hydrogen-bond donors (Lipinski definition) is 6. The number of hydrogen-bond acceptors (Lipinski definition) is 15. The van der Waals surface area contributed by atoms with Gasteiger partial charge in [-0.3, -0.25) is 19.3 Å². The van der Waals surface area contributed by atoms with Crippen LogP contribution in [-0.4, -0.2) is 147 Å². The molecule has 0 unspecified atom stereocenters. The largest absolute Gasteiger partial charge is 0.504 e. The van der Waals surface area contributed by atoms with Gasteiger partial charge in [-0.1, -0.05) is 39.7 Å². The fourth-order valence-electron chi connectivity index (χ4n) is 5.82. The van der Waals surface area contributed by atoms with Crippen LogP contribution in [0.3, 0.4) is 0 Å². The van der Waals surface area contributed by atoms with Gasteiger partial charge < -0.3 is 40.6 Å². The number of carboxylic acids is 1. The molecule has 6 rings (SSSR count). The summed E-state index contributed by atoms with van der Waals surface area (Å²) in [7, 11) is 2.03. The number of oxime groups is 1. The van der Waals surface area contributed by atoms with Gasteiger partial charge in [-0.05, 0) is 36.4 Å². The molecule has 3 aliphatic rings. The number of nitrogens with zero attached hydrogens (tertiary/aromatic N) is 8. The molecule has 2 aromatic heterocycles. The number of nitrogens with two attached hydrogens (primary N) is 1. The van der Waals surface area contributed by atoms with Crippen molar-refractivity contribution in [3.05, 3.63) is 44.1 Å². The number of phenolic OH excluding ortho intramolecular Hbond substituents is 2. The molecule has 1 aromatic carbocycles. The van der Waals surface area contributed by atoms with Gasteiger partial charge in [0.1, 0.15) is 28.0 Å². The molecule has 3 aromatic rings. The first-order valence-corrected chi connectivity index (χ1v) is 18.1. The number of thiazole rings is 1. The van der Waals surface area contributed by atoms with E-state index in [1.165, 1.54) is 42.6 Å². The lowest BCUT2D eigenvalue weighted by Gasteiger charge is -2.51. The van der Waals surface area contributed by atoms with E-state index in [2.05, 4.69) is 36.1 Å². The highest BCUT2D eigenvalue weighted by Crippen LogP contribution is 2.44. The minimum Gasteiger partial charge on any atom is -0.504 e. The molecule has 5 heterocycles. The number of carbonyl (C=O) groups is 4. The lowest BCUT2D eigenvalue weighted by molar-refractivity contribution is -0.908. The summed E-state index contributed by atoms with van der Waals surface area (Å²) in [6.07, 6.45) is 0. The molecular weight excluding hydrogens is 765 g/mol. The minimum absolute atomic E-state index is 0.00897. The van der Waals surface area contributed by atoms with Crippen molar-refractivity contribution < 1.29 is 43.8 Å². The Morgan fingerprint density at radius 2 is 1.94 bits per heavy atom. The number of carboxylic acid groups (broad SMARTS) is 1. The molecule has 2 saturated heterocycles. The van der Waals surface area contributed by atoms with Crippen LogP contribution in [0.15, 0.2) is 22.9 Å². The third-order valence-corrected chi connectivity index (χ3v) is 11.6. The van der Waals surface area contributed by atoms with E-state index in [1.807, 2.05) is 7.05 Å². The average molecular weight is 798 g/mol. The number of benzene rings is 1. The molecule has 52 heavy (non-hydrogen) atoms. The number of aromatic amines is 1. The monoisotopic (exact) mass is 796 g/mol. The van der Waals surface area contributed by atoms with Crippen LogP contribution in [-0.2, 0) is 19.2 Å². The molecule has 23 heteroatoms. The lowest BCUT2D eigenvalue weighted by atomic mass is 10.0. The van der Waals surface area contributed by atoms with Crippen LogP contribution in [0.2, 0.25) is 9.36 Å². The van der Waals surface area contributed by atoms with Crippen LogP contribution in [0.25, 0.3) is 5.70 Å². The smallest absolute Gasteiger partial charge is 0.350 e. The lowest BCUT2D eigenvalue weighted by Crippen LogP contribution is -2.70. The minimum atomic E-state index is -1.81. The molecule has 7 N–H and O–H groups in total. The van der Waals surface area contributed by atoms with Crippen molar-refractivity contribution in [2.45, 2.75) is 30.9 Å². The predicted octanol–water partition coefficient (Wildman–Crippen LogP) is 0.954. The van der Waals surface area contributed by atoms with Gasteiger partial charge in [-0.15, -0.1) is 16.9 Å². The van der Waals surface area contributed by atoms with Crippen molar-refractivity contribution in [1.29, 1.82) is 0 Å². The third kappa shape index (κ3) is 6.93. The second-order valence-corrected chi connectivity index (χ2v) is 16.0. The normalized spacial score (nSPS) is 20.3. The summed E-state index contributed by atoms with van der Waals surface area (Å²) in [5.41, 5.74) is 4.79. The summed E-state index contributed by atoms with van der Waals surface area (Å²) in [6.45, 7) is 4.80. The number of carbonyl (C=O) groups excluding carboxylic acids is 3. The average Bonchev–Trinajstić information content (AvgIpc) is 3.75. The van der Waals surface area contributed by atoms with E-state index < -0.39 is 52.0 Å². The molecular formula is C29H32Cl2N11O8S2+. The maximum absolute atomic E-state index is 13.8. The molecule has 2 atom stereocenters. The zero-order valence-electron chi connectivity index (χ0n) is 27.7. The van der Waals surface area contributed by atoms with E-state index in [0.29, 0.717) is 48.7 Å². The molecule has 2 fully saturated rings. The Hall–Kier alpha value is -4.70. The van der Waals surface area contributed by atoms with Crippen LogP contribution in [0.5, 0.6) is 11.5 Å². The number of H-pyrrole nitrogens is 1. The number of quaternary nitrogens is 1. The first kappa shape index (κ1) is 37.1. The van der Waals surface area contributed by atoms with Crippen molar-refractivity contribution >= 4 is 86.5 Å². The van der Waals surface area contributed by atoms with E-state index in [0.717, 1.165) is 16.9 Å². The maximum Gasteiger partial charge on any atom is 0.350 e. The number of aromatic nitrogens is 5. The quantitative estimate of drug-likeness (QED) is 0.0549. The van der Waals surface area contributed by atoms with Crippen molar-refractivity contribution in [3.8, 4) is 11.5 Å². The van der Waals surface area contributed by atoms with E-state index in [9.17, 15) is 34.5 Å². The number of rotatable bonds is 10. The van der Waals surface area contributed by atoms with Crippen molar-refractivity contribution in [2.24, 2.45) is 5.16 Å². The number of nitrogen functional groups attached to an aromatic ring is 1. The molecule has 0 bridgehead atoms. The van der Waals surface area contributed by atoms with Crippen LogP contribution in [0.1, 0.15) is 35.7 Å². The predicted molar refractivity (Wildman–Crippen MR) is 188 cm³/mol. The summed E-state index contributed by atoms with van der Waals surface area (Å²) in [6, 6.07) is 1.55. The van der Waals surface area contributed by atoms with Gasteiger partial charge in [-0.25, -0.2) is 14.9 Å². The number of halogens is 2. The topological polar surface area (TPSA) is 262 Å². The van der Waals surface area contributed by atoms with E-state index in [-0.39, 0.29) is 37.5 Å². The van der Waals surface area contributed by atoms with Gasteiger partial charge in [0.15, 0.2) is 28.2 Å². The summed E-state index contributed by atoms with van der Waals surface area (Å²) < 4.78 is 0.519. The van der Waals surface area contributed by atoms with Crippen LogP contribution in [0, 0.1) is 0 Å². The van der Waals surface area contributed by atoms with E-state index >= 15 is 0 Å². The second-order valence-electron chi connectivity index (χ2n) is 12.9. The Morgan fingerprint density at radius 3 is 2.56 bits per heavy atom. The van der Waals surface area contributed by atoms with Crippen molar-refractivity contribution in [2.75, 3.05) is 51.3 Å². The van der Waals surface area contributed by atoms with E-state index in [1.54, 1.807) is 4.90 Å². The first-order chi connectivity index (χ1) is 24.5. The molecule has 0 aliphatic carbocycles. The summed E-state index contributed by atoms with van der Waals surface area (Å²) in [4.78, 5) is 64.6. The van der Waals surface area contributed by atoms with Gasteiger partial charge in [0.2, 0.25) is 5.60 Å². The molecule has 0 spiro atoms. The number of tetrazole rings is 1. The number of fused-ring (bicyclic) bond motifs is 1. The summed E-state index contributed by atoms with van der Waals surface area (Å²) >= 11 is 14.7. The molecule has 0 saturated carbocycles. The second kappa shape index (κ2) is 14.0. The number of amides is 3. The van der Waals surface area contributed by atoms with Gasteiger partial charge in [0.25, 0.3) is 17.7 Å². The Morgan fingerprint density at radius 1 is 1.23 bits per heavy atom. The number of thioether (sulfide) groups is 1. The zero-order valence-corrected chi connectivity index (χ0v) is 30.8. The van der Waals surface area contributed by atoms with Gasteiger partial charge in [-0.2, -0.15) is 0 Å². The molecule has 0 radical (unpaired) electrons. The highest BCUT2D eigenvalue weighted by molar-refractivity contribution is 8.00. The summed E-state index contributed by atoms with van der Waals surface area (Å²) in [5, 5.41) is 49.1. The van der Waals surface area contributed by atoms with E-state index in [4.69, 9.17) is 33.8 Å². The van der Waals surface area contributed by atoms with Crippen LogP contribution in [0.4, 0.5) is 5.13 Å². The Balaban J connectivity index is 1.19. The van der Waals surface area contributed by atoms with Gasteiger partial charge in [0, 0.05) is 11.3 Å². The Bertz CT molecular complexity index is 2010. The number of likely N-dealkylation sites (N-methyl/N-ethyl adjacent to an activating group) is 1. The Kier molecular flexibility index (Phi) is 10.00. The number of aromatic hydroxyl groups is 2. The number of piperazine rings is 1.